The summed E-state index contributed by atoms with van der Waals surface area (Å²) in [5.74, 6) is -0.290. The SMILES string of the molecule is CCS(=O)(=O)c1cccnc1-c1nc2cc(C(F)(F)F)ccc2o1. The Labute approximate surface area is 135 Å². The van der Waals surface area contributed by atoms with Crippen molar-refractivity contribution in [2.24, 2.45) is 0 Å². The molecule has 0 saturated heterocycles. The zero-order valence-corrected chi connectivity index (χ0v) is 13.1. The maximum Gasteiger partial charge on any atom is 0.416 e. The summed E-state index contributed by atoms with van der Waals surface area (Å²) in [6.07, 6.45) is -3.14. The van der Waals surface area contributed by atoms with E-state index in [1.165, 1.54) is 25.3 Å². The normalized spacial score (nSPS) is 12.7. The highest BCUT2D eigenvalue weighted by Gasteiger charge is 2.31. The second-order valence-corrected chi connectivity index (χ2v) is 7.20. The fourth-order valence-electron chi connectivity index (χ4n) is 2.16. The minimum absolute atomic E-state index is 0.0228. The monoisotopic (exact) mass is 356 g/mol. The molecule has 24 heavy (non-hydrogen) atoms. The van der Waals surface area contributed by atoms with Gasteiger partial charge in [-0.25, -0.2) is 18.4 Å². The summed E-state index contributed by atoms with van der Waals surface area (Å²) in [5, 5.41) is 0. The van der Waals surface area contributed by atoms with E-state index in [1.807, 2.05) is 0 Å². The molecule has 0 amide bonds. The van der Waals surface area contributed by atoms with Crippen LogP contribution in [0.1, 0.15) is 12.5 Å². The van der Waals surface area contributed by atoms with E-state index in [9.17, 15) is 21.6 Å². The lowest BCUT2D eigenvalue weighted by Gasteiger charge is -2.04. The van der Waals surface area contributed by atoms with Crippen LogP contribution in [-0.4, -0.2) is 24.1 Å². The van der Waals surface area contributed by atoms with Gasteiger partial charge in [-0.05, 0) is 30.3 Å². The Morgan fingerprint density at radius 2 is 1.96 bits per heavy atom. The number of rotatable bonds is 3. The van der Waals surface area contributed by atoms with Crippen molar-refractivity contribution in [2.75, 3.05) is 5.75 Å². The Balaban J connectivity index is 2.18. The summed E-state index contributed by atoms with van der Waals surface area (Å²) in [4.78, 5) is 7.87. The molecular weight excluding hydrogens is 345 g/mol. The van der Waals surface area contributed by atoms with Crippen LogP contribution in [-0.2, 0) is 16.0 Å². The van der Waals surface area contributed by atoms with Crippen LogP contribution in [0, 0.1) is 0 Å². The molecule has 2 aromatic heterocycles. The Morgan fingerprint density at radius 3 is 2.62 bits per heavy atom. The van der Waals surface area contributed by atoms with Crippen molar-refractivity contribution in [3.05, 3.63) is 42.1 Å². The number of alkyl halides is 3. The number of benzene rings is 1. The fraction of sp³-hybridized carbons (Fsp3) is 0.200. The number of fused-ring (bicyclic) bond motifs is 1. The number of hydrogen-bond acceptors (Lipinski definition) is 5. The molecule has 0 fully saturated rings. The minimum atomic E-state index is -4.50. The van der Waals surface area contributed by atoms with Gasteiger partial charge >= 0.3 is 6.18 Å². The highest BCUT2D eigenvalue weighted by atomic mass is 32.2. The smallest absolute Gasteiger partial charge is 0.416 e. The van der Waals surface area contributed by atoms with E-state index in [0.717, 1.165) is 18.2 Å². The molecule has 3 aromatic rings. The topological polar surface area (TPSA) is 73.1 Å². The summed E-state index contributed by atoms with van der Waals surface area (Å²) in [5.41, 5.74) is -0.796. The standard InChI is InChI=1S/C15H11F3N2O3S/c1-2-24(21,22)12-4-3-7-19-13(12)14-20-10-8-9(15(16,17)18)5-6-11(10)23-14/h3-8H,2H2,1H3. The van der Waals surface area contributed by atoms with E-state index in [2.05, 4.69) is 9.97 Å². The van der Waals surface area contributed by atoms with Crippen LogP contribution in [0.4, 0.5) is 13.2 Å². The number of hydrogen-bond donors (Lipinski definition) is 0. The zero-order valence-electron chi connectivity index (χ0n) is 12.3. The first kappa shape index (κ1) is 16.4. The lowest BCUT2D eigenvalue weighted by molar-refractivity contribution is -0.137. The van der Waals surface area contributed by atoms with Gasteiger partial charge in [-0.1, -0.05) is 6.92 Å². The predicted molar refractivity (Wildman–Crippen MR) is 80.0 cm³/mol. The molecule has 0 aliphatic heterocycles. The molecule has 2 heterocycles. The molecule has 5 nitrogen and oxygen atoms in total. The fourth-order valence-corrected chi connectivity index (χ4v) is 3.19. The molecular formula is C15H11F3N2O3S. The summed E-state index contributed by atoms with van der Waals surface area (Å²) in [6.45, 7) is 1.48. The van der Waals surface area contributed by atoms with Gasteiger partial charge in [0, 0.05) is 6.20 Å². The highest BCUT2D eigenvalue weighted by molar-refractivity contribution is 7.91. The first-order valence-electron chi connectivity index (χ1n) is 6.88. The van der Waals surface area contributed by atoms with Crippen LogP contribution < -0.4 is 0 Å². The summed E-state index contributed by atoms with van der Waals surface area (Å²) < 4.78 is 68.0. The maximum atomic E-state index is 12.8. The van der Waals surface area contributed by atoms with Crippen molar-refractivity contribution in [3.63, 3.8) is 0 Å². The molecule has 0 spiro atoms. The lowest BCUT2D eigenvalue weighted by Crippen LogP contribution is -2.06. The largest absolute Gasteiger partial charge is 0.435 e. The number of oxazole rings is 1. The molecule has 0 aliphatic carbocycles. The highest BCUT2D eigenvalue weighted by Crippen LogP contribution is 2.33. The minimum Gasteiger partial charge on any atom is -0.435 e. The first-order valence-corrected chi connectivity index (χ1v) is 8.53. The number of halogens is 3. The Kier molecular flexibility index (Phi) is 3.83. The predicted octanol–water partition coefficient (Wildman–Crippen LogP) is 3.70. The molecule has 3 rings (SSSR count). The van der Waals surface area contributed by atoms with Crippen LogP contribution in [0.5, 0.6) is 0 Å². The molecule has 1 aromatic carbocycles. The van der Waals surface area contributed by atoms with Crippen molar-refractivity contribution >= 4 is 20.9 Å². The van der Waals surface area contributed by atoms with E-state index >= 15 is 0 Å². The van der Waals surface area contributed by atoms with Crippen molar-refractivity contribution in [1.29, 1.82) is 0 Å². The van der Waals surface area contributed by atoms with Gasteiger partial charge in [-0.3, -0.25) is 0 Å². The molecule has 0 aliphatic rings. The van der Waals surface area contributed by atoms with Crippen LogP contribution in [0.25, 0.3) is 22.7 Å². The van der Waals surface area contributed by atoms with Gasteiger partial charge in [-0.2, -0.15) is 13.2 Å². The van der Waals surface area contributed by atoms with Crippen molar-refractivity contribution in [1.82, 2.24) is 9.97 Å². The Morgan fingerprint density at radius 1 is 1.21 bits per heavy atom. The van der Waals surface area contributed by atoms with Gasteiger partial charge < -0.3 is 4.42 Å². The molecule has 126 valence electrons. The van der Waals surface area contributed by atoms with E-state index in [-0.39, 0.29) is 33.3 Å². The number of pyridine rings is 1. The number of nitrogens with zero attached hydrogens (tertiary/aromatic N) is 2. The molecule has 9 heteroatoms. The van der Waals surface area contributed by atoms with E-state index < -0.39 is 21.6 Å². The van der Waals surface area contributed by atoms with Crippen LogP contribution >= 0.6 is 0 Å². The maximum absolute atomic E-state index is 12.8. The van der Waals surface area contributed by atoms with Gasteiger partial charge in [-0.15, -0.1) is 0 Å². The molecule has 0 bridgehead atoms. The van der Waals surface area contributed by atoms with E-state index in [0.29, 0.717) is 0 Å². The molecule has 0 saturated carbocycles. The third kappa shape index (κ3) is 2.86. The second kappa shape index (κ2) is 5.59. The lowest BCUT2D eigenvalue weighted by atomic mass is 10.2. The van der Waals surface area contributed by atoms with Gasteiger partial charge in [0.15, 0.2) is 15.4 Å². The van der Waals surface area contributed by atoms with E-state index in [4.69, 9.17) is 4.42 Å². The van der Waals surface area contributed by atoms with Crippen LogP contribution in [0.2, 0.25) is 0 Å². The molecule has 0 radical (unpaired) electrons. The first-order chi connectivity index (χ1) is 11.2. The van der Waals surface area contributed by atoms with Crippen LogP contribution in [0.3, 0.4) is 0 Å². The van der Waals surface area contributed by atoms with Gasteiger partial charge in [0.1, 0.15) is 11.2 Å². The molecule has 0 unspecified atom stereocenters. The number of aromatic nitrogens is 2. The zero-order chi connectivity index (χ0) is 17.5. The third-order valence-electron chi connectivity index (χ3n) is 3.40. The van der Waals surface area contributed by atoms with Gasteiger partial charge in [0.2, 0.25) is 5.89 Å². The molecule has 0 atom stereocenters. The van der Waals surface area contributed by atoms with E-state index in [1.54, 1.807) is 0 Å². The van der Waals surface area contributed by atoms with Crippen molar-refractivity contribution < 1.29 is 26.0 Å². The Hall–Kier alpha value is -2.42. The van der Waals surface area contributed by atoms with Gasteiger partial charge in [0.05, 0.1) is 16.2 Å². The molecule has 0 N–H and O–H groups in total. The number of sulfone groups is 1. The Bertz CT molecular complexity index is 1010. The average Bonchev–Trinajstić information content (AvgIpc) is 2.97. The van der Waals surface area contributed by atoms with Gasteiger partial charge in [0.25, 0.3) is 0 Å². The van der Waals surface area contributed by atoms with Crippen molar-refractivity contribution in [3.8, 4) is 11.6 Å². The summed E-state index contributed by atoms with van der Waals surface area (Å²) in [7, 11) is -3.59. The summed E-state index contributed by atoms with van der Waals surface area (Å²) in [6, 6.07) is 5.68. The quantitative estimate of drug-likeness (QED) is 0.715. The van der Waals surface area contributed by atoms with Crippen molar-refractivity contribution in [2.45, 2.75) is 18.0 Å². The third-order valence-corrected chi connectivity index (χ3v) is 5.16. The second-order valence-electron chi connectivity index (χ2n) is 4.95. The average molecular weight is 356 g/mol. The van der Waals surface area contributed by atoms with Crippen LogP contribution in [0.15, 0.2) is 45.8 Å². The summed E-state index contributed by atoms with van der Waals surface area (Å²) >= 11 is 0.